The fourth-order valence-corrected chi connectivity index (χ4v) is 1.71. The summed E-state index contributed by atoms with van der Waals surface area (Å²) in [5.41, 5.74) is 6.20. The zero-order valence-electron chi connectivity index (χ0n) is 10.4. The van der Waals surface area contributed by atoms with Crippen LogP contribution in [-0.4, -0.2) is 35.0 Å². The monoisotopic (exact) mass is 250 g/mol. The summed E-state index contributed by atoms with van der Waals surface area (Å²) in [5, 5.41) is 8.89. The molecule has 0 spiro atoms. The fourth-order valence-electron chi connectivity index (χ4n) is 1.71. The minimum absolute atomic E-state index is 0.0620. The number of nitrogens with two attached hydrogens (primary N) is 1. The van der Waals surface area contributed by atoms with E-state index in [1.54, 1.807) is 11.8 Å². The number of amides is 1. The van der Waals surface area contributed by atoms with Gasteiger partial charge in [-0.15, -0.1) is 0 Å². The first-order chi connectivity index (χ1) is 8.49. The van der Waals surface area contributed by atoms with Crippen molar-refractivity contribution >= 4 is 11.9 Å². The van der Waals surface area contributed by atoms with Crippen LogP contribution in [0.1, 0.15) is 12.5 Å². The van der Waals surface area contributed by atoms with E-state index in [2.05, 4.69) is 0 Å². The van der Waals surface area contributed by atoms with Gasteiger partial charge in [-0.2, -0.15) is 0 Å². The third-order valence-corrected chi connectivity index (χ3v) is 2.58. The fraction of sp³-hybridized carbons (Fsp3) is 0.385. The summed E-state index contributed by atoms with van der Waals surface area (Å²) < 4.78 is 0. The van der Waals surface area contributed by atoms with Gasteiger partial charge in [0.25, 0.3) is 0 Å². The number of rotatable bonds is 7. The summed E-state index contributed by atoms with van der Waals surface area (Å²) in [6.07, 6.45) is 0. The molecule has 1 atom stereocenters. The molecular weight excluding hydrogens is 232 g/mol. The topological polar surface area (TPSA) is 83.6 Å². The molecule has 5 heteroatoms. The van der Waals surface area contributed by atoms with Crippen LogP contribution in [0.4, 0.5) is 0 Å². The van der Waals surface area contributed by atoms with Crippen LogP contribution >= 0.6 is 0 Å². The number of carboxylic acids is 1. The van der Waals surface area contributed by atoms with E-state index in [4.69, 9.17) is 10.8 Å². The maximum Gasteiger partial charge on any atom is 0.307 e. The van der Waals surface area contributed by atoms with Crippen molar-refractivity contribution in [1.29, 1.82) is 0 Å². The molecular formula is C13H18N2O3. The second kappa shape index (κ2) is 6.76. The third kappa shape index (κ3) is 4.97. The van der Waals surface area contributed by atoms with Crippen molar-refractivity contribution in [2.24, 2.45) is 11.7 Å². The lowest BCUT2D eigenvalue weighted by Gasteiger charge is -2.22. The molecule has 0 aliphatic carbocycles. The van der Waals surface area contributed by atoms with Crippen molar-refractivity contribution in [1.82, 2.24) is 4.90 Å². The summed E-state index contributed by atoms with van der Waals surface area (Å²) in [4.78, 5) is 23.6. The molecule has 5 nitrogen and oxygen atoms in total. The molecule has 3 N–H and O–H groups in total. The molecule has 0 radical (unpaired) electrons. The van der Waals surface area contributed by atoms with Crippen molar-refractivity contribution in [3.63, 3.8) is 0 Å². The number of aliphatic carboxylic acids is 1. The second-order valence-electron chi connectivity index (χ2n) is 4.36. The Bertz CT molecular complexity index is 406. The van der Waals surface area contributed by atoms with E-state index in [0.29, 0.717) is 13.1 Å². The lowest BCUT2D eigenvalue weighted by Crippen LogP contribution is -2.37. The van der Waals surface area contributed by atoms with E-state index < -0.39 is 17.8 Å². The summed E-state index contributed by atoms with van der Waals surface area (Å²) >= 11 is 0. The minimum Gasteiger partial charge on any atom is -0.481 e. The van der Waals surface area contributed by atoms with Gasteiger partial charge in [-0.05, 0) is 5.56 Å². The molecule has 18 heavy (non-hydrogen) atoms. The van der Waals surface area contributed by atoms with E-state index >= 15 is 0 Å². The molecule has 98 valence electrons. The first kappa shape index (κ1) is 14.2. The van der Waals surface area contributed by atoms with Gasteiger partial charge in [-0.25, -0.2) is 0 Å². The van der Waals surface area contributed by atoms with Gasteiger partial charge in [-0.3, -0.25) is 14.5 Å². The number of primary amides is 1. The predicted molar refractivity (Wildman–Crippen MR) is 67.7 cm³/mol. The summed E-state index contributed by atoms with van der Waals surface area (Å²) in [7, 11) is 0. The first-order valence-electron chi connectivity index (χ1n) is 5.76. The smallest absolute Gasteiger partial charge is 0.307 e. The Hall–Kier alpha value is -1.88. The average molecular weight is 250 g/mol. The van der Waals surface area contributed by atoms with Crippen molar-refractivity contribution in [2.45, 2.75) is 13.5 Å². The summed E-state index contributed by atoms with van der Waals surface area (Å²) in [5.74, 6) is -1.87. The highest BCUT2D eigenvalue weighted by Crippen LogP contribution is 2.07. The van der Waals surface area contributed by atoms with Crippen LogP contribution in [0, 0.1) is 5.92 Å². The van der Waals surface area contributed by atoms with E-state index in [9.17, 15) is 9.59 Å². The zero-order chi connectivity index (χ0) is 13.5. The molecule has 0 aliphatic rings. The van der Waals surface area contributed by atoms with Gasteiger partial charge in [0.1, 0.15) is 0 Å². The molecule has 0 bridgehead atoms. The van der Waals surface area contributed by atoms with Crippen molar-refractivity contribution in [3.8, 4) is 0 Å². The Balaban J connectivity index is 2.66. The Morgan fingerprint density at radius 2 is 1.94 bits per heavy atom. The van der Waals surface area contributed by atoms with Gasteiger partial charge in [0.05, 0.1) is 12.5 Å². The van der Waals surface area contributed by atoms with E-state index in [-0.39, 0.29) is 6.54 Å². The first-order valence-corrected chi connectivity index (χ1v) is 5.76. The molecule has 0 fully saturated rings. The van der Waals surface area contributed by atoms with Gasteiger partial charge in [0, 0.05) is 13.1 Å². The third-order valence-electron chi connectivity index (χ3n) is 2.58. The predicted octanol–water partition coefficient (Wildman–Crippen LogP) is 0.695. The normalized spacial score (nSPS) is 12.3. The van der Waals surface area contributed by atoms with Crippen molar-refractivity contribution in [2.75, 3.05) is 13.1 Å². The van der Waals surface area contributed by atoms with Gasteiger partial charge in [0.2, 0.25) is 5.91 Å². The highest BCUT2D eigenvalue weighted by Gasteiger charge is 2.17. The van der Waals surface area contributed by atoms with Crippen LogP contribution in [0.2, 0.25) is 0 Å². The quantitative estimate of drug-likeness (QED) is 0.746. The molecule has 0 heterocycles. The number of carboxylic acid groups (broad SMARTS) is 1. The number of carbonyl (C=O) groups excluding carboxylic acids is 1. The number of hydrogen-bond acceptors (Lipinski definition) is 3. The van der Waals surface area contributed by atoms with E-state index in [0.717, 1.165) is 5.56 Å². The summed E-state index contributed by atoms with van der Waals surface area (Å²) in [6.45, 7) is 2.49. The largest absolute Gasteiger partial charge is 0.481 e. The molecule has 0 aromatic heterocycles. The second-order valence-corrected chi connectivity index (χ2v) is 4.36. The molecule has 1 aromatic rings. The van der Waals surface area contributed by atoms with Gasteiger partial charge < -0.3 is 10.8 Å². The Morgan fingerprint density at radius 1 is 1.33 bits per heavy atom. The number of benzene rings is 1. The van der Waals surface area contributed by atoms with Crippen LogP contribution in [0.3, 0.4) is 0 Å². The average Bonchev–Trinajstić information content (AvgIpc) is 2.29. The Morgan fingerprint density at radius 3 is 2.44 bits per heavy atom. The molecule has 0 saturated heterocycles. The molecule has 1 aromatic carbocycles. The lowest BCUT2D eigenvalue weighted by molar-refractivity contribution is -0.142. The van der Waals surface area contributed by atoms with Crippen LogP contribution in [0.5, 0.6) is 0 Å². The van der Waals surface area contributed by atoms with Crippen LogP contribution in [0.25, 0.3) is 0 Å². The maximum atomic E-state index is 11.0. The van der Waals surface area contributed by atoms with Crippen molar-refractivity contribution < 1.29 is 14.7 Å². The van der Waals surface area contributed by atoms with E-state index in [1.165, 1.54) is 0 Å². The highest BCUT2D eigenvalue weighted by molar-refractivity contribution is 5.76. The summed E-state index contributed by atoms with van der Waals surface area (Å²) in [6, 6.07) is 9.57. The number of carbonyl (C=O) groups is 2. The SMILES string of the molecule is CC(CN(CC(N)=O)Cc1ccccc1)C(=O)O. The zero-order valence-corrected chi connectivity index (χ0v) is 10.4. The minimum atomic E-state index is -0.877. The van der Waals surface area contributed by atoms with Gasteiger partial charge >= 0.3 is 5.97 Å². The maximum absolute atomic E-state index is 11.0. The van der Waals surface area contributed by atoms with Gasteiger partial charge in [0.15, 0.2) is 0 Å². The van der Waals surface area contributed by atoms with Crippen LogP contribution in [-0.2, 0) is 16.1 Å². The molecule has 0 aliphatic heterocycles. The Kier molecular flexibility index (Phi) is 5.32. The van der Waals surface area contributed by atoms with E-state index in [1.807, 2.05) is 30.3 Å². The molecule has 1 rings (SSSR count). The standard InChI is InChI=1S/C13H18N2O3/c1-10(13(17)18)7-15(9-12(14)16)8-11-5-3-2-4-6-11/h2-6,10H,7-9H2,1H3,(H2,14,16)(H,17,18). The Labute approximate surface area is 106 Å². The van der Waals surface area contributed by atoms with Gasteiger partial charge in [-0.1, -0.05) is 37.3 Å². The lowest BCUT2D eigenvalue weighted by atomic mass is 10.1. The molecule has 0 saturated carbocycles. The molecule has 1 amide bonds. The number of nitrogens with zero attached hydrogens (tertiary/aromatic N) is 1. The van der Waals surface area contributed by atoms with Crippen LogP contribution in [0.15, 0.2) is 30.3 Å². The highest BCUT2D eigenvalue weighted by atomic mass is 16.4. The van der Waals surface area contributed by atoms with Crippen LogP contribution < -0.4 is 5.73 Å². The molecule has 1 unspecified atom stereocenters. The number of hydrogen-bond donors (Lipinski definition) is 2. The van der Waals surface area contributed by atoms with Crippen molar-refractivity contribution in [3.05, 3.63) is 35.9 Å².